The number of aryl methyl sites for hydroxylation is 2. The van der Waals surface area contributed by atoms with Crippen molar-refractivity contribution >= 4 is 11.9 Å². The number of carbonyl (C=O) groups excluding carboxylic acids is 1. The number of rotatable bonds is 6. The maximum Gasteiger partial charge on any atom is 0.305 e. The smallest absolute Gasteiger partial charge is 0.305 e. The molecule has 4 nitrogen and oxygen atoms in total. The van der Waals surface area contributed by atoms with E-state index in [0.29, 0.717) is 12.1 Å². The zero-order chi connectivity index (χ0) is 14.4. The molecule has 1 amide bonds. The Morgan fingerprint density at radius 1 is 1.21 bits per heavy atom. The Labute approximate surface area is 114 Å². The first-order valence-electron chi connectivity index (χ1n) is 6.54. The van der Waals surface area contributed by atoms with Crippen LogP contribution in [0.3, 0.4) is 0 Å². The third kappa shape index (κ3) is 4.39. The number of aliphatic carboxylic acids is 1. The molecule has 0 aliphatic heterocycles. The van der Waals surface area contributed by atoms with E-state index in [1.807, 2.05) is 39.0 Å². The number of carboxylic acid groups (broad SMARTS) is 1. The highest BCUT2D eigenvalue weighted by Crippen LogP contribution is 2.14. The molecule has 0 fully saturated rings. The molecule has 0 spiro atoms. The largest absolute Gasteiger partial charge is 0.481 e. The van der Waals surface area contributed by atoms with Gasteiger partial charge in [-0.25, -0.2) is 0 Å². The SMILES string of the molecule is CCCN(CCC(=O)O)C(=O)c1ccc(C)cc1C. The first kappa shape index (κ1) is 15.2. The van der Waals surface area contributed by atoms with Gasteiger partial charge in [0.1, 0.15) is 0 Å². The predicted molar refractivity (Wildman–Crippen MR) is 74.4 cm³/mol. The molecule has 0 aromatic heterocycles. The molecule has 0 unspecified atom stereocenters. The number of carboxylic acids is 1. The maximum atomic E-state index is 12.4. The van der Waals surface area contributed by atoms with Gasteiger partial charge in [0.05, 0.1) is 6.42 Å². The van der Waals surface area contributed by atoms with E-state index < -0.39 is 5.97 Å². The van der Waals surface area contributed by atoms with E-state index in [1.165, 1.54) is 0 Å². The predicted octanol–water partition coefficient (Wildman–Crippen LogP) is 2.63. The number of hydrogen-bond acceptors (Lipinski definition) is 2. The van der Waals surface area contributed by atoms with Gasteiger partial charge in [-0.15, -0.1) is 0 Å². The summed E-state index contributed by atoms with van der Waals surface area (Å²) in [6.07, 6.45) is 0.799. The summed E-state index contributed by atoms with van der Waals surface area (Å²) in [6.45, 7) is 6.70. The molecule has 0 heterocycles. The van der Waals surface area contributed by atoms with Gasteiger partial charge < -0.3 is 10.0 Å². The Balaban J connectivity index is 2.88. The van der Waals surface area contributed by atoms with Crippen LogP contribution in [0.15, 0.2) is 18.2 Å². The summed E-state index contributed by atoms with van der Waals surface area (Å²) < 4.78 is 0. The molecule has 0 bridgehead atoms. The fraction of sp³-hybridized carbons (Fsp3) is 0.467. The van der Waals surface area contributed by atoms with E-state index in [-0.39, 0.29) is 18.9 Å². The molecule has 0 radical (unpaired) electrons. The zero-order valence-electron chi connectivity index (χ0n) is 11.8. The standard InChI is InChI=1S/C15H21NO3/c1-4-8-16(9-7-14(17)18)15(19)13-6-5-11(2)10-12(13)3/h5-6,10H,4,7-9H2,1-3H3,(H,17,18). The molecule has 0 aliphatic rings. The van der Waals surface area contributed by atoms with Gasteiger partial charge in [-0.05, 0) is 31.9 Å². The van der Waals surface area contributed by atoms with Crippen LogP contribution in [0.5, 0.6) is 0 Å². The Morgan fingerprint density at radius 2 is 1.89 bits per heavy atom. The molecular formula is C15H21NO3. The lowest BCUT2D eigenvalue weighted by molar-refractivity contribution is -0.137. The Hall–Kier alpha value is -1.84. The van der Waals surface area contributed by atoms with Crippen molar-refractivity contribution < 1.29 is 14.7 Å². The number of carbonyl (C=O) groups is 2. The van der Waals surface area contributed by atoms with Gasteiger partial charge >= 0.3 is 5.97 Å². The van der Waals surface area contributed by atoms with Crippen molar-refractivity contribution in [3.8, 4) is 0 Å². The molecule has 1 aromatic rings. The molecule has 0 saturated carbocycles. The lowest BCUT2D eigenvalue weighted by Gasteiger charge is -2.22. The van der Waals surface area contributed by atoms with Gasteiger partial charge in [-0.1, -0.05) is 24.6 Å². The van der Waals surface area contributed by atoms with Crippen molar-refractivity contribution in [3.05, 3.63) is 34.9 Å². The summed E-state index contributed by atoms with van der Waals surface area (Å²) >= 11 is 0. The van der Waals surface area contributed by atoms with Crippen LogP contribution in [-0.4, -0.2) is 35.0 Å². The van der Waals surface area contributed by atoms with Crippen LogP contribution in [0, 0.1) is 13.8 Å². The second-order valence-corrected chi connectivity index (χ2v) is 4.75. The van der Waals surface area contributed by atoms with Gasteiger partial charge in [0.2, 0.25) is 0 Å². The molecule has 0 saturated heterocycles. The van der Waals surface area contributed by atoms with Gasteiger partial charge in [0.25, 0.3) is 5.91 Å². The zero-order valence-corrected chi connectivity index (χ0v) is 11.8. The van der Waals surface area contributed by atoms with Crippen molar-refractivity contribution in [1.29, 1.82) is 0 Å². The van der Waals surface area contributed by atoms with Crippen molar-refractivity contribution in [2.45, 2.75) is 33.6 Å². The van der Waals surface area contributed by atoms with Crippen LogP contribution in [0.25, 0.3) is 0 Å². The first-order chi connectivity index (χ1) is 8.95. The van der Waals surface area contributed by atoms with Crippen molar-refractivity contribution in [2.75, 3.05) is 13.1 Å². The summed E-state index contributed by atoms with van der Waals surface area (Å²) in [7, 11) is 0. The Kier molecular flexibility index (Phi) is 5.55. The molecule has 1 N–H and O–H groups in total. The molecule has 0 atom stereocenters. The average molecular weight is 263 g/mol. The fourth-order valence-corrected chi connectivity index (χ4v) is 2.04. The van der Waals surface area contributed by atoms with Crippen LogP contribution >= 0.6 is 0 Å². The van der Waals surface area contributed by atoms with Gasteiger partial charge in [0.15, 0.2) is 0 Å². The average Bonchev–Trinajstić information content (AvgIpc) is 2.33. The summed E-state index contributed by atoms with van der Waals surface area (Å²) in [5.74, 6) is -0.963. The summed E-state index contributed by atoms with van der Waals surface area (Å²) in [5, 5.41) is 8.74. The minimum absolute atomic E-state index is 0.0172. The second-order valence-electron chi connectivity index (χ2n) is 4.75. The highest BCUT2D eigenvalue weighted by atomic mass is 16.4. The van der Waals surface area contributed by atoms with E-state index in [4.69, 9.17) is 5.11 Å². The number of benzene rings is 1. The van der Waals surface area contributed by atoms with Gasteiger partial charge in [0, 0.05) is 18.7 Å². The third-order valence-corrected chi connectivity index (χ3v) is 2.99. The number of nitrogens with zero attached hydrogens (tertiary/aromatic N) is 1. The topological polar surface area (TPSA) is 57.6 Å². The third-order valence-electron chi connectivity index (χ3n) is 2.99. The van der Waals surface area contributed by atoms with E-state index >= 15 is 0 Å². The Morgan fingerprint density at radius 3 is 2.42 bits per heavy atom. The summed E-state index contributed by atoms with van der Waals surface area (Å²) in [4.78, 5) is 24.7. The molecule has 1 aromatic carbocycles. The first-order valence-corrected chi connectivity index (χ1v) is 6.54. The van der Waals surface area contributed by atoms with E-state index in [9.17, 15) is 9.59 Å². The van der Waals surface area contributed by atoms with Crippen LogP contribution in [0.1, 0.15) is 41.3 Å². The normalized spacial score (nSPS) is 10.3. The van der Waals surface area contributed by atoms with Crippen LogP contribution < -0.4 is 0 Å². The van der Waals surface area contributed by atoms with E-state index in [1.54, 1.807) is 4.90 Å². The molecule has 104 valence electrons. The molecule has 19 heavy (non-hydrogen) atoms. The van der Waals surface area contributed by atoms with Crippen molar-refractivity contribution in [2.24, 2.45) is 0 Å². The number of hydrogen-bond donors (Lipinski definition) is 1. The van der Waals surface area contributed by atoms with Crippen LogP contribution in [0.2, 0.25) is 0 Å². The molecule has 0 aliphatic carbocycles. The lowest BCUT2D eigenvalue weighted by atomic mass is 10.0. The minimum atomic E-state index is -0.880. The van der Waals surface area contributed by atoms with Crippen molar-refractivity contribution in [3.63, 3.8) is 0 Å². The molecule has 1 rings (SSSR count). The van der Waals surface area contributed by atoms with E-state index in [2.05, 4.69) is 0 Å². The van der Waals surface area contributed by atoms with Crippen LogP contribution in [-0.2, 0) is 4.79 Å². The fourth-order valence-electron chi connectivity index (χ4n) is 2.04. The Bertz CT molecular complexity index is 468. The quantitative estimate of drug-likeness (QED) is 0.858. The number of amides is 1. The monoisotopic (exact) mass is 263 g/mol. The summed E-state index contributed by atoms with van der Waals surface area (Å²) in [6, 6.07) is 5.69. The van der Waals surface area contributed by atoms with Crippen molar-refractivity contribution in [1.82, 2.24) is 4.90 Å². The minimum Gasteiger partial charge on any atom is -0.481 e. The van der Waals surface area contributed by atoms with Gasteiger partial charge in [-0.3, -0.25) is 9.59 Å². The van der Waals surface area contributed by atoms with Crippen LogP contribution in [0.4, 0.5) is 0 Å². The van der Waals surface area contributed by atoms with Gasteiger partial charge in [-0.2, -0.15) is 0 Å². The maximum absolute atomic E-state index is 12.4. The lowest BCUT2D eigenvalue weighted by Crippen LogP contribution is -2.34. The highest BCUT2D eigenvalue weighted by molar-refractivity contribution is 5.95. The molecular weight excluding hydrogens is 242 g/mol. The molecule has 4 heteroatoms. The van der Waals surface area contributed by atoms with E-state index in [0.717, 1.165) is 17.5 Å². The highest BCUT2D eigenvalue weighted by Gasteiger charge is 2.17. The second kappa shape index (κ2) is 6.92. The summed E-state index contributed by atoms with van der Waals surface area (Å²) in [5.41, 5.74) is 2.70.